The molecule has 6 nitrogen and oxygen atoms in total. The number of hydrogen-bond donors (Lipinski definition) is 2. The number of hydrogen-bond acceptors (Lipinski definition) is 4. The molecule has 0 radical (unpaired) electrons. The molecular formula is C13H24N4O2S. The Morgan fingerprint density at radius 2 is 2.00 bits per heavy atom. The van der Waals surface area contributed by atoms with E-state index < -0.39 is 10.0 Å². The van der Waals surface area contributed by atoms with Crippen LogP contribution in [0.4, 0.5) is 5.82 Å². The molecule has 1 heterocycles. The van der Waals surface area contributed by atoms with Gasteiger partial charge in [0, 0.05) is 13.1 Å². The molecule has 0 spiro atoms. The molecule has 0 aliphatic heterocycles. The number of anilines is 1. The largest absolute Gasteiger partial charge is 0.381 e. The summed E-state index contributed by atoms with van der Waals surface area (Å²) in [5.41, 5.74) is 6.30. The van der Waals surface area contributed by atoms with Crippen LogP contribution < -0.4 is 10.5 Å². The monoisotopic (exact) mass is 300 g/mol. The molecule has 1 aromatic rings. The second-order valence-corrected chi connectivity index (χ2v) is 7.70. The third kappa shape index (κ3) is 2.83. The molecule has 0 aromatic carbocycles. The standard InChI is InChI=1S/C13H24N4O2S/c1-8-5-6-11(9(2)7-8)16-20(18,19)12-10(3)17(4)15-13(12)14/h8-9,11,16H,5-7H2,1-4H3,(H2,14,15). The number of aromatic nitrogens is 2. The first-order valence-electron chi connectivity index (χ1n) is 7.03. The summed E-state index contributed by atoms with van der Waals surface area (Å²) in [4.78, 5) is 0.117. The summed E-state index contributed by atoms with van der Waals surface area (Å²) < 4.78 is 29.4. The van der Waals surface area contributed by atoms with Crippen LogP contribution in [0.1, 0.15) is 38.8 Å². The molecular weight excluding hydrogens is 276 g/mol. The van der Waals surface area contributed by atoms with Gasteiger partial charge in [0.25, 0.3) is 0 Å². The maximum Gasteiger partial charge on any atom is 0.246 e. The Bertz CT molecular complexity index is 594. The van der Waals surface area contributed by atoms with E-state index in [9.17, 15) is 8.42 Å². The first-order valence-corrected chi connectivity index (χ1v) is 8.52. The molecule has 3 atom stereocenters. The van der Waals surface area contributed by atoms with E-state index in [1.54, 1.807) is 14.0 Å². The van der Waals surface area contributed by atoms with Crippen LogP contribution in [-0.2, 0) is 17.1 Å². The van der Waals surface area contributed by atoms with E-state index in [0.29, 0.717) is 17.5 Å². The van der Waals surface area contributed by atoms with Crippen molar-refractivity contribution in [1.29, 1.82) is 0 Å². The lowest BCUT2D eigenvalue weighted by Gasteiger charge is -2.32. The van der Waals surface area contributed by atoms with Crippen molar-refractivity contribution >= 4 is 15.8 Å². The second-order valence-electron chi connectivity index (χ2n) is 6.05. The highest BCUT2D eigenvalue weighted by Gasteiger charge is 2.32. The van der Waals surface area contributed by atoms with Crippen LogP contribution in [0.5, 0.6) is 0 Å². The molecule has 1 fully saturated rings. The van der Waals surface area contributed by atoms with Crippen molar-refractivity contribution in [3.63, 3.8) is 0 Å². The van der Waals surface area contributed by atoms with E-state index in [4.69, 9.17) is 5.73 Å². The normalized spacial score (nSPS) is 27.7. The molecule has 0 saturated heterocycles. The van der Waals surface area contributed by atoms with Gasteiger partial charge < -0.3 is 5.73 Å². The Morgan fingerprint density at radius 1 is 1.35 bits per heavy atom. The van der Waals surface area contributed by atoms with Crippen LogP contribution in [0.2, 0.25) is 0 Å². The highest BCUT2D eigenvalue weighted by Crippen LogP contribution is 2.30. The summed E-state index contributed by atoms with van der Waals surface area (Å²) in [5, 5.41) is 3.98. The Balaban J connectivity index is 2.23. The molecule has 1 aliphatic carbocycles. The molecule has 1 aromatic heterocycles. The Labute approximate surface area is 120 Å². The molecule has 20 heavy (non-hydrogen) atoms. The smallest absolute Gasteiger partial charge is 0.246 e. The van der Waals surface area contributed by atoms with Gasteiger partial charge in [0.05, 0.1) is 5.69 Å². The lowest BCUT2D eigenvalue weighted by atomic mass is 9.80. The number of nitrogens with zero attached hydrogens (tertiary/aromatic N) is 2. The van der Waals surface area contributed by atoms with E-state index in [0.717, 1.165) is 19.3 Å². The lowest BCUT2D eigenvalue weighted by molar-refractivity contribution is 0.249. The molecule has 0 amide bonds. The minimum atomic E-state index is -3.61. The SMILES string of the molecule is Cc1c(S(=O)(=O)NC2CCC(C)CC2C)c(N)nn1C. The fourth-order valence-corrected chi connectivity index (χ4v) is 4.75. The van der Waals surface area contributed by atoms with Crippen molar-refractivity contribution in [2.75, 3.05) is 5.73 Å². The third-order valence-electron chi connectivity index (χ3n) is 4.31. The quantitative estimate of drug-likeness (QED) is 0.883. The van der Waals surface area contributed by atoms with E-state index >= 15 is 0 Å². The number of nitrogens with two attached hydrogens (primary N) is 1. The van der Waals surface area contributed by atoms with Crippen LogP contribution in [0.25, 0.3) is 0 Å². The van der Waals surface area contributed by atoms with E-state index in [1.807, 2.05) is 0 Å². The van der Waals surface area contributed by atoms with E-state index in [1.165, 1.54) is 4.68 Å². The van der Waals surface area contributed by atoms with Gasteiger partial charge in [-0.1, -0.05) is 13.8 Å². The molecule has 2 rings (SSSR count). The topological polar surface area (TPSA) is 90.0 Å². The molecule has 1 saturated carbocycles. The second kappa shape index (κ2) is 5.37. The predicted molar refractivity (Wildman–Crippen MR) is 78.6 cm³/mol. The minimum absolute atomic E-state index is 0.0183. The van der Waals surface area contributed by atoms with Crippen LogP contribution in [0.15, 0.2) is 4.90 Å². The molecule has 114 valence electrons. The summed E-state index contributed by atoms with van der Waals surface area (Å²) in [6.07, 6.45) is 2.98. The fraction of sp³-hybridized carbons (Fsp3) is 0.769. The first kappa shape index (κ1) is 15.3. The summed E-state index contributed by atoms with van der Waals surface area (Å²) in [5.74, 6) is 1.07. The summed E-state index contributed by atoms with van der Waals surface area (Å²) >= 11 is 0. The number of nitrogens with one attached hydrogen (secondary N) is 1. The van der Waals surface area contributed by atoms with Gasteiger partial charge in [0.2, 0.25) is 10.0 Å². The fourth-order valence-electron chi connectivity index (χ4n) is 3.05. The van der Waals surface area contributed by atoms with Crippen LogP contribution in [-0.4, -0.2) is 24.2 Å². The lowest BCUT2D eigenvalue weighted by Crippen LogP contribution is -2.42. The first-order chi connectivity index (χ1) is 9.22. The van der Waals surface area contributed by atoms with Gasteiger partial charge >= 0.3 is 0 Å². The summed E-state index contributed by atoms with van der Waals surface area (Å²) in [7, 11) is -1.92. The zero-order chi connectivity index (χ0) is 15.1. The van der Waals surface area contributed by atoms with Crippen molar-refractivity contribution in [3.8, 4) is 0 Å². The van der Waals surface area contributed by atoms with Gasteiger partial charge in [-0.2, -0.15) is 5.10 Å². The van der Waals surface area contributed by atoms with Gasteiger partial charge in [-0.15, -0.1) is 0 Å². The summed E-state index contributed by atoms with van der Waals surface area (Å²) in [6, 6.07) is -0.0183. The van der Waals surface area contributed by atoms with Crippen molar-refractivity contribution in [2.24, 2.45) is 18.9 Å². The molecule has 3 unspecified atom stereocenters. The Kier molecular flexibility index (Phi) is 4.11. The highest BCUT2D eigenvalue weighted by molar-refractivity contribution is 7.89. The van der Waals surface area contributed by atoms with Gasteiger partial charge in [-0.3, -0.25) is 4.68 Å². The third-order valence-corrected chi connectivity index (χ3v) is 5.97. The van der Waals surface area contributed by atoms with Crippen molar-refractivity contribution in [3.05, 3.63) is 5.69 Å². The van der Waals surface area contributed by atoms with Crippen molar-refractivity contribution in [2.45, 2.75) is 51.0 Å². The zero-order valence-corrected chi connectivity index (χ0v) is 13.4. The van der Waals surface area contributed by atoms with Crippen molar-refractivity contribution in [1.82, 2.24) is 14.5 Å². The molecule has 1 aliphatic rings. The maximum atomic E-state index is 12.5. The van der Waals surface area contributed by atoms with Gasteiger partial charge in [0.15, 0.2) is 5.82 Å². The number of sulfonamides is 1. The number of rotatable bonds is 3. The number of nitrogen functional groups attached to an aromatic ring is 1. The summed E-state index contributed by atoms with van der Waals surface area (Å²) in [6.45, 7) is 6.02. The minimum Gasteiger partial charge on any atom is -0.381 e. The highest BCUT2D eigenvalue weighted by atomic mass is 32.2. The van der Waals surface area contributed by atoms with Crippen molar-refractivity contribution < 1.29 is 8.42 Å². The Morgan fingerprint density at radius 3 is 2.50 bits per heavy atom. The average molecular weight is 300 g/mol. The van der Waals surface area contributed by atoms with E-state index in [-0.39, 0.29) is 16.8 Å². The molecule has 7 heteroatoms. The Hall–Kier alpha value is -1.08. The van der Waals surface area contributed by atoms with Crippen LogP contribution in [0, 0.1) is 18.8 Å². The van der Waals surface area contributed by atoms with E-state index in [2.05, 4.69) is 23.7 Å². The van der Waals surface area contributed by atoms with Gasteiger partial charge in [0.1, 0.15) is 4.90 Å². The van der Waals surface area contributed by atoms with Crippen LogP contribution >= 0.6 is 0 Å². The molecule has 3 N–H and O–H groups in total. The van der Waals surface area contributed by atoms with Gasteiger partial charge in [-0.25, -0.2) is 13.1 Å². The predicted octanol–water partition coefficient (Wildman–Crippen LogP) is 1.41. The number of aryl methyl sites for hydroxylation is 1. The maximum absolute atomic E-state index is 12.5. The zero-order valence-electron chi connectivity index (χ0n) is 12.5. The van der Waals surface area contributed by atoms with Gasteiger partial charge in [-0.05, 0) is 38.0 Å². The average Bonchev–Trinajstić information content (AvgIpc) is 2.57. The molecule has 0 bridgehead atoms. The van der Waals surface area contributed by atoms with Crippen LogP contribution in [0.3, 0.4) is 0 Å².